The largest absolute Gasteiger partial charge is 0.353 e. The highest BCUT2D eigenvalue weighted by Gasteiger charge is 2.09. The normalized spacial score (nSPS) is 10.6. The lowest BCUT2D eigenvalue weighted by atomic mass is 10.9. The molecule has 2 aromatic heterocycles. The number of hydrogen-bond donors (Lipinski definition) is 0. The summed E-state index contributed by atoms with van der Waals surface area (Å²) in [6, 6.07) is 0. The second-order valence-corrected chi connectivity index (χ2v) is 6.48. The van der Waals surface area contributed by atoms with Crippen LogP contribution in [0.1, 0.15) is 0 Å². The van der Waals surface area contributed by atoms with Crippen LogP contribution in [-0.4, -0.2) is 29.3 Å². The van der Waals surface area contributed by atoms with Crippen LogP contribution in [0, 0.1) is 0 Å². The standard InChI is InChI=1S/C7H7ClN4S3/c1-12(2)5-10-11-7(14-5)15-6-9-4(8)3-13-6/h3H,1-2H3. The molecule has 15 heavy (non-hydrogen) atoms. The minimum absolute atomic E-state index is 0.528. The third kappa shape index (κ3) is 2.81. The predicted molar refractivity (Wildman–Crippen MR) is 65.5 cm³/mol. The molecule has 0 fully saturated rings. The maximum Gasteiger partial charge on any atom is 0.208 e. The quantitative estimate of drug-likeness (QED) is 0.864. The predicted octanol–water partition coefficient (Wildman–Crippen LogP) is 2.87. The molecule has 0 unspecified atom stereocenters. The van der Waals surface area contributed by atoms with Crippen molar-refractivity contribution in [2.45, 2.75) is 8.68 Å². The van der Waals surface area contributed by atoms with Crippen molar-refractivity contribution in [2.75, 3.05) is 19.0 Å². The van der Waals surface area contributed by atoms with Gasteiger partial charge in [-0.15, -0.1) is 21.5 Å². The number of nitrogens with zero attached hydrogens (tertiary/aromatic N) is 4. The molecular weight excluding hydrogens is 272 g/mol. The Balaban J connectivity index is 2.11. The van der Waals surface area contributed by atoms with Crippen molar-refractivity contribution in [3.63, 3.8) is 0 Å². The molecule has 0 saturated heterocycles. The van der Waals surface area contributed by atoms with Crippen LogP contribution in [0.4, 0.5) is 5.13 Å². The van der Waals surface area contributed by atoms with Crippen LogP contribution in [0.2, 0.25) is 5.15 Å². The number of hydrogen-bond acceptors (Lipinski definition) is 7. The van der Waals surface area contributed by atoms with Crippen molar-refractivity contribution in [3.05, 3.63) is 10.5 Å². The van der Waals surface area contributed by atoms with E-state index in [0.717, 1.165) is 13.8 Å². The Labute approximate surface area is 104 Å². The molecule has 2 rings (SSSR count). The van der Waals surface area contributed by atoms with Crippen LogP contribution in [0.5, 0.6) is 0 Å². The first-order chi connectivity index (χ1) is 7.15. The molecule has 8 heteroatoms. The van der Waals surface area contributed by atoms with E-state index in [4.69, 9.17) is 11.6 Å². The molecule has 0 aliphatic carbocycles. The third-order valence-corrected chi connectivity index (χ3v) is 4.81. The highest BCUT2D eigenvalue weighted by Crippen LogP contribution is 2.34. The summed E-state index contributed by atoms with van der Waals surface area (Å²) in [5.41, 5.74) is 0. The van der Waals surface area contributed by atoms with Gasteiger partial charge in [-0.1, -0.05) is 22.9 Å². The highest BCUT2D eigenvalue weighted by molar-refractivity contribution is 8.02. The Morgan fingerprint density at radius 1 is 1.33 bits per heavy atom. The summed E-state index contributed by atoms with van der Waals surface area (Å²) in [6.07, 6.45) is 0. The molecule has 80 valence electrons. The van der Waals surface area contributed by atoms with Gasteiger partial charge in [0.1, 0.15) is 5.15 Å². The fourth-order valence-corrected chi connectivity index (χ4v) is 3.74. The SMILES string of the molecule is CN(C)c1nnc(Sc2nc(Cl)cs2)s1. The van der Waals surface area contributed by atoms with Crippen molar-refractivity contribution < 1.29 is 0 Å². The lowest BCUT2D eigenvalue weighted by Crippen LogP contribution is -2.07. The van der Waals surface area contributed by atoms with Gasteiger partial charge >= 0.3 is 0 Å². The molecule has 0 aliphatic rings. The molecule has 0 radical (unpaired) electrons. The van der Waals surface area contributed by atoms with Crippen LogP contribution in [-0.2, 0) is 0 Å². The van der Waals surface area contributed by atoms with E-state index in [1.165, 1.54) is 34.4 Å². The molecule has 0 N–H and O–H groups in total. The summed E-state index contributed by atoms with van der Waals surface area (Å²) in [7, 11) is 3.88. The molecule has 0 bridgehead atoms. The maximum absolute atomic E-state index is 5.73. The van der Waals surface area contributed by atoms with E-state index in [-0.39, 0.29) is 0 Å². The summed E-state index contributed by atoms with van der Waals surface area (Å²) >= 11 is 10.3. The zero-order valence-corrected chi connectivity index (χ0v) is 11.2. The Hall–Kier alpha value is -0.370. The maximum atomic E-state index is 5.73. The van der Waals surface area contributed by atoms with E-state index in [1.54, 1.807) is 5.38 Å². The average molecular weight is 279 g/mol. The second-order valence-electron chi connectivity index (χ2n) is 2.78. The minimum atomic E-state index is 0.528. The number of aromatic nitrogens is 3. The summed E-state index contributed by atoms with van der Waals surface area (Å²) in [5.74, 6) is 0. The number of anilines is 1. The smallest absolute Gasteiger partial charge is 0.208 e. The lowest BCUT2D eigenvalue weighted by molar-refractivity contribution is 0.972. The van der Waals surface area contributed by atoms with Gasteiger partial charge < -0.3 is 4.90 Å². The first-order valence-electron chi connectivity index (χ1n) is 3.95. The summed E-state index contributed by atoms with van der Waals surface area (Å²) in [5, 5.41) is 11.3. The number of rotatable bonds is 3. The molecule has 0 atom stereocenters. The van der Waals surface area contributed by atoms with Gasteiger partial charge in [0.05, 0.1) is 0 Å². The van der Waals surface area contributed by atoms with Crippen molar-refractivity contribution in [3.8, 4) is 0 Å². The van der Waals surface area contributed by atoms with Gasteiger partial charge in [-0.05, 0) is 11.8 Å². The minimum Gasteiger partial charge on any atom is -0.353 e. The van der Waals surface area contributed by atoms with Crippen LogP contribution in [0.25, 0.3) is 0 Å². The molecule has 4 nitrogen and oxygen atoms in total. The van der Waals surface area contributed by atoms with Gasteiger partial charge in [0, 0.05) is 19.5 Å². The van der Waals surface area contributed by atoms with Crippen molar-refractivity contribution >= 4 is 51.2 Å². The fourth-order valence-electron chi connectivity index (χ4n) is 0.785. The van der Waals surface area contributed by atoms with Gasteiger partial charge in [-0.2, -0.15) is 0 Å². The van der Waals surface area contributed by atoms with Crippen LogP contribution in [0.15, 0.2) is 14.1 Å². The Morgan fingerprint density at radius 2 is 2.13 bits per heavy atom. The zero-order chi connectivity index (χ0) is 10.8. The highest BCUT2D eigenvalue weighted by atomic mass is 35.5. The van der Waals surface area contributed by atoms with E-state index in [2.05, 4.69) is 15.2 Å². The topological polar surface area (TPSA) is 41.9 Å². The van der Waals surface area contributed by atoms with E-state index in [0.29, 0.717) is 5.15 Å². The molecule has 2 heterocycles. The van der Waals surface area contributed by atoms with Crippen LogP contribution < -0.4 is 4.90 Å². The zero-order valence-electron chi connectivity index (χ0n) is 7.97. The van der Waals surface area contributed by atoms with Crippen LogP contribution in [0.3, 0.4) is 0 Å². The second kappa shape index (κ2) is 4.65. The average Bonchev–Trinajstić information content (AvgIpc) is 2.76. The Morgan fingerprint density at radius 3 is 2.67 bits per heavy atom. The van der Waals surface area contributed by atoms with Crippen molar-refractivity contribution in [1.82, 2.24) is 15.2 Å². The molecule has 2 aromatic rings. The van der Waals surface area contributed by atoms with Gasteiger partial charge in [0.15, 0.2) is 8.68 Å². The van der Waals surface area contributed by atoms with E-state index in [9.17, 15) is 0 Å². The van der Waals surface area contributed by atoms with Gasteiger partial charge in [-0.3, -0.25) is 0 Å². The van der Waals surface area contributed by atoms with Crippen molar-refractivity contribution in [2.24, 2.45) is 0 Å². The molecule has 0 spiro atoms. The molecule has 0 aromatic carbocycles. The first-order valence-corrected chi connectivity index (χ1v) is 6.84. The summed E-state index contributed by atoms with van der Waals surface area (Å²) in [6.45, 7) is 0. The summed E-state index contributed by atoms with van der Waals surface area (Å²) in [4.78, 5) is 6.06. The monoisotopic (exact) mass is 278 g/mol. The Bertz CT molecular complexity index is 453. The first kappa shape index (κ1) is 11.1. The van der Waals surface area contributed by atoms with E-state index < -0.39 is 0 Å². The molecule has 0 amide bonds. The van der Waals surface area contributed by atoms with Gasteiger partial charge in [0.2, 0.25) is 5.13 Å². The lowest BCUT2D eigenvalue weighted by Gasteiger charge is -2.03. The van der Waals surface area contributed by atoms with Gasteiger partial charge in [-0.25, -0.2) is 4.98 Å². The van der Waals surface area contributed by atoms with Gasteiger partial charge in [0.25, 0.3) is 0 Å². The van der Waals surface area contributed by atoms with Crippen molar-refractivity contribution in [1.29, 1.82) is 0 Å². The Kier molecular flexibility index (Phi) is 3.45. The fraction of sp³-hybridized carbons (Fsp3) is 0.286. The molecule has 0 aliphatic heterocycles. The third-order valence-electron chi connectivity index (χ3n) is 1.41. The van der Waals surface area contributed by atoms with E-state index in [1.807, 2.05) is 19.0 Å². The van der Waals surface area contributed by atoms with E-state index >= 15 is 0 Å². The number of thiazole rings is 1. The molecular formula is C7H7ClN4S3. The number of halogens is 1. The molecule has 0 saturated carbocycles. The summed E-state index contributed by atoms with van der Waals surface area (Å²) < 4.78 is 1.77. The van der Waals surface area contributed by atoms with Crippen LogP contribution >= 0.6 is 46.0 Å².